The van der Waals surface area contributed by atoms with Crippen molar-refractivity contribution in [2.75, 3.05) is 27.2 Å². The van der Waals surface area contributed by atoms with E-state index in [1.54, 1.807) is 17.5 Å². The molecule has 2 aliphatic heterocycles. The van der Waals surface area contributed by atoms with E-state index in [0.717, 1.165) is 45.7 Å². The van der Waals surface area contributed by atoms with Crippen LogP contribution >= 0.6 is 22.9 Å². The Kier molecular flexibility index (Phi) is 4.30. The first-order valence-corrected chi connectivity index (χ1v) is 10.5. The number of aromatic nitrogens is 1. The normalized spacial score (nSPS) is 19.0. The third-order valence-corrected chi connectivity index (χ3v) is 6.76. The van der Waals surface area contributed by atoms with E-state index in [2.05, 4.69) is 9.88 Å². The number of likely N-dealkylation sites (N-methyl/N-ethyl adjacent to an activating group) is 1. The van der Waals surface area contributed by atoms with Crippen LogP contribution in [-0.4, -0.2) is 60.0 Å². The molecule has 2 aliphatic rings. The van der Waals surface area contributed by atoms with Crippen LogP contribution in [0, 0.1) is 0 Å². The van der Waals surface area contributed by atoms with Crippen LogP contribution < -0.4 is 4.74 Å². The van der Waals surface area contributed by atoms with Gasteiger partial charge in [0.1, 0.15) is 5.75 Å². The number of halogens is 1. The van der Waals surface area contributed by atoms with E-state index in [1.807, 2.05) is 48.6 Å². The minimum Gasteiger partial charge on any atom is -0.479 e. The molecule has 0 bridgehead atoms. The van der Waals surface area contributed by atoms with Gasteiger partial charge in [0.25, 0.3) is 5.91 Å². The molecule has 1 atom stereocenters. The molecule has 28 heavy (non-hydrogen) atoms. The Hall–Kier alpha value is -2.15. The molecule has 1 amide bonds. The van der Waals surface area contributed by atoms with Crippen molar-refractivity contribution in [1.29, 1.82) is 0 Å². The van der Waals surface area contributed by atoms with Crippen molar-refractivity contribution >= 4 is 39.1 Å². The Morgan fingerprint density at radius 3 is 2.89 bits per heavy atom. The molecular weight excluding hydrogens is 394 g/mol. The number of hydrogen-bond donors (Lipinski definition) is 0. The van der Waals surface area contributed by atoms with Gasteiger partial charge in [0.2, 0.25) is 0 Å². The van der Waals surface area contributed by atoms with E-state index in [9.17, 15) is 4.79 Å². The van der Waals surface area contributed by atoms with Crippen molar-refractivity contribution in [3.05, 3.63) is 46.4 Å². The summed E-state index contributed by atoms with van der Waals surface area (Å²) in [4.78, 5) is 21.4. The molecule has 1 saturated heterocycles. The van der Waals surface area contributed by atoms with E-state index in [-0.39, 0.29) is 5.91 Å². The second kappa shape index (κ2) is 6.72. The third kappa shape index (κ3) is 2.87. The van der Waals surface area contributed by atoms with Crippen molar-refractivity contribution < 1.29 is 9.53 Å². The number of pyridine rings is 1. The maximum absolute atomic E-state index is 12.9. The summed E-state index contributed by atoms with van der Waals surface area (Å²) in [6.45, 7) is 1.52. The molecule has 0 N–H and O–H groups in total. The minimum absolute atomic E-state index is 0.0624. The Morgan fingerprint density at radius 2 is 2.11 bits per heavy atom. The zero-order chi connectivity index (χ0) is 19.4. The monoisotopic (exact) mass is 413 g/mol. The highest BCUT2D eigenvalue weighted by molar-refractivity contribution is 7.17. The van der Waals surface area contributed by atoms with Crippen LogP contribution in [0.3, 0.4) is 0 Å². The van der Waals surface area contributed by atoms with E-state index in [4.69, 9.17) is 16.3 Å². The molecule has 144 valence electrons. The number of ether oxygens (including phenoxy) is 1. The average molecular weight is 414 g/mol. The number of likely N-dealkylation sites (tertiary alicyclic amines) is 1. The van der Waals surface area contributed by atoms with Crippen molar-refractivity contribution in [1.82, 2.24) is 14.8 Å². The highest BCUT2D eigenvalue weighted by Gasteiger charge is 2.39. The zero-order valence-electron chi connectivity index (χ0n) is 15.7. The van der Waals surface area contributed by atoms with Gasteiger partial charge in [0.05, 0.1) is 10.2 Å². The van der Waals surface area contributed by atoms with Gasteiger partial charge in [-0.2, -0.15) is 0 Å². The van der Waals surface area contributed by atoms with Crippen LogP contribution in [0.25, 0.3) is 21.3 Å². The first-order chi connectivity index (χ1) is 13.5. The molecule has 7 heteroatoms. The first-order valence-electron chi connectivity index (χ1n) is 9.28. The van der Waals surface area contributed by atoms with Gasteiger partial charge >= 0.3 is 0 Å². The molecule has 3 aromatic rings. The Balaban J connectivity index is 1.46. The number of benzene rings is 1. The van der Waals surface area contributed by atoms with Gasteiger partial charge in [-0.15, -0.1) is 11.3 Å². The van der Waals surface area contributed by atoms with Crippen LogP contribution in [0.15, 0.2) is 35.8 Å². The number of fused-ring (bicyclic) bond motifs is 2. The van der Waals surface area contributed by atoms with Gasteiger partial charge in [0.15, 0.2) is 6.10 Å². The highest BCUT2D eigenvalue weighted by atomic mass is 35.5. The summed E-state index contributed by atoms with van der Waals surface area (Å²) in [5, 5.41) is 2.69. The Morgan fingerprint density at radius 1 is 1.29 bits per heavy atom. The topological polar surface area (TPSA) is 45.7 Å². The van der Waals surface area contributed by atoms with E-state index in [1.165, 1.54) is 0 Å². The van der Waals surface area contributed by atoms with Crippen LogP contribution in [0.5, 0.6) is 5.75 Å². The van der Waals surface area contributed by atoms with Gasteiger partial charge < -0.3 is 14.5 Å². The summed E-state index contributed by atoms with van der Waals surface area (Å²) in [5.74, 6) is 0.834. The predicted molar refractivity (Wildman–Crippen MR) is 112 cm³/mol. The number of thiophene rings is 1. The lowest BCUT2D eigenvalue weighted by atomic mass is 10.00. The van der Waals surface area contributed by atoms with Gasteiger partial charge in [0, 0.05) is 53.5 Å². The van der Waals surface area contributed by atoms with Crippen molar-refractivity contribution in [3.63, 3.8) is 0 Å². The van der Waals surface area contributed by atoms with Gasteiger partial charge in [-0.25, -0.2) is 0 Å². The molecule has 0 aliphatic carbocycles. The Labute approximate surface area is 172 Å². The molecule has 4 heterocycles. The number of hydrogen-bond acceptors (Lipinski definition) is 5. The molecule has 2 aromatic heterocycles. The van der Waals surface area contributed by atoms with Crippen molar-refractivity contribution in [2.45, 2.75) is 18.6 Å². The maximum atomic E-state index is 12.9. The predicted octanol–water partition coefficient (Wildman–Crippen LogP) is 3.69. The molecular formula is C21H20ClN3O2S. The van der Waals surface area contributed by atoms with Gasteiger partial charge in [-0.3, -0.25) is 9.78 Å². The summed E-state index contributed by atoms with van der Waals surface area (Å²) in [6, 6.07) is 8.26. The summed E-state index contributed by atoms with van der Waals surface area (Å²) in [6.07, 6.45) is 1.89. The summed E-state index contributed by atoms with van der Waals surface area (Å²) in [7, 11) is 4.09. The van der Waals surface area contributed by atoms with Crippen LogP contribution in [0.1, 0.15) is 5.56 Å². The highest BCUT2D eigenvalue weighted by Crippen LogP contribution is 2.44. The largest absolute Gasteiger partial charge is 0.479 e. The molecule has 1 unspecified atom stereocenters. The maximum Gasteiger partial charge on any atom is 0.264 e. The Bertz CT molecular complexity index is 1070. The van der Waals surface area contributed by atoms with Crippen molar-refractivity contribution in [3.8, 4) is 16.9 Å². The molecule has 1 aromatic carbocycles. The summed E-state index contributed by atoms with van der Waals surface area (Å²) >= 11 is 8.06. The molecule has 1 fully saturated rings. The zero-order valence-corrected chi connectivity index (χ0v) is 17.3. The molecule has 5 rings (SSSR count). The van der Waals surface area contributed by atoms with E-state index in [0.29, 0.717) is 17.5 Å². The van der Waals surface area contributed by atoms with Crippen LogP contribution in [0.4, 0.5) is 0 Å². The number of rotatable bonds is 3. The second-order valence-corrected chi connectivity index (χ2v) is 8.96. The summed E-state index contributed by atoms with van der Waals surface area (Å²) in [5.41, 5.74) is 3.93. The smallest absolute Gasteiger partial charge is 0.264 e. The fraction of sp³-hybridized carbons (Fsp3) is 0.333. The number of carbonyl (C=O) groups is 1. The van der Waals surface area contributed by atoms with Crippen LogP contribution in [0.2, 0.25) is 5.02 Å². The van der Waals surface area contributed by atoms with Gasteiger partial charge in [-0.05, 0) is 43.7 Å². The molecule has 0 spiro atoms. The molecule has 0 radical (unpaired) electrons. The van der Waals surface area contributed by atoms with Crippen molar-refractivity contribution in [2.24, 2.45) is 0 Å². The lowest BCUT2D eigenvalue weighted by Crippen LogP contribution is -2.61. The standard InChI is InChI=1S/C21H20ClN3O2S/c1-24(2)14-10-25(11-14)21(26)18-8-12-7-13(22)9-16(19(12)27-18)15-3-5-23-17-4-6-28-20(15)17/h3-7,9,14,18H,8,10-11H2,1-2H3. The van der Waals surface area contributed by atoms with E-state index < -0.39 is 6.10 Å². The van der Waals surface area contributed by atoms with E-state index >= 15 is 0 Å². The fourth-order valence-electron chi connectivity index (χ4n) is 3.91. The fourth-order valence-corrected chi connectivity index (χ4v) is 5.03. The molecule has 0 saturated carbocycles. The number of amides is 1. The number of nitrogens with zero attached hydrogens (tertiary/aromatic N) is 3. The second-order valence-electron chi connectivity index (χ2n) is 7.61. The molecule has 5 nitrogen and oxygen atoms in total. The first kappa shape index (κ1) is 17.9. The van der Waals surface area contributed by atoms with Gasteiger partial charge in [-0.1, -0.05) is 11.6 Å². The average Bonchev–Trinajstić information content (AvgIpc) is 3.25. The summed E-state index contributed by atoms with van der Waals surface area (Å²) < 4.78 is 7.31. The number of carbonyl (C=O) groups excluding carboxylic acids is 1. The lowest BCUT2D eigenvalue weighted by molar-refractivity contribution is -0.144. The van der Waals surface area contributed by atoms with Crippen LogP contribution in [-0.2, 0) is 11.2 Å². The third-order valence-electron chi connectivity index (χ3n) is 5.61. The minimum atomic E-state index is -0.476. The lowest BCUT2D eigenvalue weighted by Gasteiger charge is -2.43. The quantitative estimate of drug-likeness (QED) is 0.657. The SMILES string of the molecule is CN(C)C1CN(C(=O)C2Cc3cc(Cl)cc(-c4ccnc5ccsc45)c3O2)C1.